The second-order valence-electron chi connectivity index (χ2n) is 16.3. The minimum Gasteiger partial charge on any atom is -0.330 e. The highest BCUT2D eigenvalue weighted by Gasteiger charge is 2.35. The van der Waals surface area contributed by atoms with E-state index in [9.17, 15) is 0 Å². The predicted octanol–water partition coefficient (Wildman–Crippen LogP) is 16.2. The number of benzene rings is 12. The van der Waals surface area contributed by atoms with E-state index in [0.29, 0.717) is 0 Å². The average molecular weight is 760 g/mol. The van der Waals surface area contributed by atoms with Crippen LogP contribution in [0.3, 0.4) is 0 Å². The summed E-state index contributed by atoms with van der Waals surface area (Å²) in [4.78, 5) is 2.57. The first-order valence-corrected chi connectivity index (χ1v) is 21.0. The van der Waals surface area contributed by atoms with E-state index in [4.69, 9.17) is 0 Å². The van der Waals surface area contributed by atoms with Crippen molar-refractivity contribution >= 4 is 97.6 Å². The normalized spacial score (nSPS) is 14.2. The molecule has 13 rings (SSSR count). The molecule has 0 aromatic heterocycles. The number of hydrogen-bond donors (Lipinski definition) is 0. The van der Waals surface area contributed by atoms with E-state index in [1.54, 1.807) is 0 Å². The maximum absolute atomic E-state index is 2.57. The number of anilines is 1. The van der Waals surface area contributed by atoms with Gasteiger partial charge in [-0.1, -0.05) is 188 Å². The predicted molar refractivity (Wildman–Crippen MR) is 258 cm³/mol. The zero-order valence-electron chi connectivity index (χ0n) is 32.8. The van der Waals surface area contributed by atoms with Gasteiger partial charge in [-0.2, -0.15) is 0 Å². The molecule has 0 N–H and O–H groups in total. The van der Waals surface area contributed by atoms with Crippen molar-refractivity contribution in [1.29, 1.82) is 0 Å². The average Bonchev–Trinajstić information content (AvgIpc) is 3.31. The van der Waals surface area contributed by atoms with Crippen LogP contribution in [0.25, 0.3) is 103 Å². The lowest BCUT2D eigenvalue weighted by atomic mass is 9.83. The molecule has 0 radical (unpaired) electrons. The third-order valence-corrected chi connectivity index (χ3v) is 13.2. The van der Waals surface area contributed by atoms with Crippen molar-refractivity contribution in [3.63, 3.8) is 0 Å². The highest BCUT2D eigenvalue weighted by molar-refractivity contribution is 6.32. The molecule has 1 aliphatic heterocycles. The van der Waals surface area contributed by atoms with Crippen LogP contribution in [0.15, 0.2) is 218 Å². The Labute approximate surface area is 347 Å². The van der Waals surface area contributed by atoms with Crippen LogP contribution in [0.1, 0.15) is 17.2 Å². The summed E-state index contributed by atoms with van der Waals surface area (Å²) >= 11 is 0. The minimum atomic E-state index is 0.0377. The highest BCUT2D eigenvalue weighted by Crippen LogP contribution is 2.51. The molecule has 0 spiro atoms. The van der Waals surface area contributed by atoms with Gasteiger partial charge in [-0.3, -0.25) is 0 Å². The largest absolute Gasteiger partial charge is 0.330 e. The van der Waals surface area contributed by atoms with Gasteiger partial charge < -0.3 is 4.90 Å². The van der Waals surface area contributed by atoms with Crippen molar-refractivity contribution in [3.8, 4) is 11.1 Å². The topological polar surface area (TPSA) is 3.24 Å². The first-order chi connectivity index (χ1) is 29.8. The second kappa shape index (κ2) is 12.9. The van der Waals surface area contributed by atoms with E-state index in [2.05, 4.69) is 223 Å². The highest BCUT2D eigenvalue weighted by atomic mass is 15.2. The van der Waals surface area contributed by atoms with E-state index < -0.39 is 0 Å². The summed E-state index contributed by atoms with van der Waals surface area (Å²) in [7, 11) is 0. The van der Waals surface area contributed by atoms with Gasteiger partial charge in [0.1, 0.15) is 0 Å². The SMILES string of the molecule is C1=C(c2ccc(-c3c4ccccc4cc4c3ccc3ccccc34)c3ccccc23)N(c2ccccc2)C1c1cc2c3ccccc3c3ccccc3c2c2ccccc12. The van der Waals surface area contributed by atoms with Crippen LogP contribution < -0.4 is 4.90 Å². The fraction of sp³-hybridized carbons (Fsp3) is 0.0169. The maximum atomic E-state index is 2.57. The van der Waals surface area contributed by atoms with Crippen molar-refractivity contribution in [2.24, 2.45) is 0 Å². The molecule has 1 heteroatoms. The molecule has 0 saturated carbocycles. The van der Waals surface area contributed by atoms with Crippen molar-refractivity contribution in [2.75, 3.05) is 4.90 Å². The molecule has 278 valence electrons. The van der Waals surface area contributed by atoms with Gasteiger partial charge in [0.25, 0.3) is 0 Å². The Morgan fingerprint density at radius 2 is 0.817 bits per heavy atom. The van der Waals surface area contributed by atoms with E-state index >= 15 is 0 Å². The molecule has 12 aromatic rings. The van der Waals surface area contributed by atoms with Crippen LogP contribution >= 0.6 is 0 Å². The Hall–Kier alpha value is -7.74. The number of para-hydroxylation sites is 1. The maximum Gasteiger partial charge on any atom is 0.0805 e. The van der Waals surface area contributed by atoms with Gasteiger partial charge in [0.05, 0.1) is 6.04 Å². The molecule has 0 fully saturated rings. The van der Waals surface area contributed by atoms with Crippen LogP contribution in [0, 0.1) is 0 Å². The summed E-state index contributed by atoms with van der Waals surface area (Å²) in [5, 5.41) is 20.6. The van der Waals surface area contributed by atoms with E-state index in [0.717, 1.165) is 0 Å². The molecule has 0 aliphatic carbocycles. The first-order valence-electron chi connectivity index (χ1n) is 21.0. The second-order valence-corrected chi connectivity index (χ2v) is 16.3. The Morgan fingerprint density at radius 3 is 1.55 bits per heavy atom. The Bertz CT molecular complexity index is 3780. The lowest BCUT2D eigenvalue weighted by Gasteiger charge is -2.43. The summed E-state index contributed by atoms with van der Waals surface area (Å²) in [6.07, 6.45) is 2.50. The molecule has 0 amide bonds. The lowest BCUT2D eigenvalue weighted by Crippen LogP contribution is -2.34. The monoisotopic (exact) mass is 759 g/mol. The van der Waals surface area contributed by atoms with Gasteiger partial charge in [-0.05, 0) is 133 Å². The molecule has 1 nitrogen and oxygen atoms in total. The smallest absolute Gasteiger partial charge is 0.0805 e. The van der Waals surface area contributed by atoms with E-state index in [1.165, 1.54) is 120 Å². The van der Waals surface area contributed by atoms with Gasteiger partial charge in [-0.25, -0.2) is 0 Å². The minimum absolute atomic E-state index is 0.0377. The third-order valence-electron chi connectivity index (χ3n) is 13.2. The Morgan fingerprint density at radius 1 is 0.300 bits per heavy atom. The molecule has 12 aromatic carbocycles. The molecule has 0 saturated heterocycles. The van der Waals surface area contributed by atoms with Gasteiger partial charge in [0.15, 0.2) is 0 Å². The van der Waals surface area contributed by atoms with Crippen molar-refractivity contribution in [2.45, 2.75) is 6.04 Å². The van der Waals surface area contributed by atoms with E-state index in [-0.39, 0.29) is 6.04 Å². The van der Waals surface area contributed by atoms with Gasteiger partial charge in [-0.15, -0.1) is 0 Å². The number of nitrogens with zero attached hydrogens (tertiary/aromatic N) is 1. The molecule has 1 unspecified atom stereocenters. The molecular formula is C59H37N. The summed E-state index contributed by atoms with van der Waals surface area (Å²) < 4.78 is 0. The number of fused-ring (bicyclic) bond motifs is 13. The molecule has 1 aliphatic rings. The quantitative estimate of drug-likeness (QED) is 0.128. The van der Waals surface area contributed by atoms with Crippen LogP contribution in [0.5, 0.6) is 0 Å². The number of rotatable bonds is 4. The zero-order valence-corrected chi connectivity index (χ0v) is 32.8. The fourth-order valence-corrected chi connectivity index (χ4v) is 10.6. The van der Waals surface area contributed by atoms with Crippen LogP contribution in [-0.2, 0) is 0 Å². The molecular weight excluding hydrogens is 723 g/mol. The molecule has 1 atom stereocenters. The fourth-order valence-electron chi connectivity index (χ4n) is 10.6. The summed E-state index contributed by atoms with van der Waals surface area (Å²) in [6, 6.07) is 78.8. The summed E-state index contributed by atoms with van der Waals surface area (Å²) in [6.45, 7) is 0. The summed E-state index contributed by atoms with van der Waals surface area (Å²) in [5.41, 5.74) is 7.53. The van der Waals surface area contributed by atoms with Crippen molar-refractivity contribution < 1.29 is 0 Å². The standard InChI is InChI=1S/C59H37N/c1-2-18-39(19-3-1)60-56(36-57(60)54-35-55-46-26-11-8-22-42(46)44-24-12-14-28-49(44)59(55)50-29-15-13-27-47(50)54)48-32-33-51(45-25-10-9-23-43(45)48)58-41-21-7-5-17-38(41)34-53-40-20-6-4-16-37(40)30-31-52(53)58/h1-36,57H. The van der Waals surface area contributed by atoms with Crippen molar-refractivity contribution in [3.05, 3.63) is 230 Å². The summed E-state index contributed by atoms with van der Waals surface area (Å²) in [5.74, 6) is 0. The van der Waals surface area contributed by atoms with Crippen LogP contribution in [0.2, 0.25) is 0 Å². The van der Waals surface area contributed by atoms with Gasteiger partial charge >= 0.3 is 0 Å². The van der Waals surface area contributed by atoms with Gasteiger partial charge in [0.2, 0.25) is 0 Å². The Balaban J connectivity index is 1.06. The Kier molecular flexibility index (Phi) is 7.14. The van der Waals surface area contributed by atoms with Crippen LogP contribution in [0.4, 0.5) is 5.69 Å². The molecule has 60 heavy (non-hydrogen) atoms. The van der Waals surface area contributed by atoms with Crippen molar-refractivity contribution in [1.82, 2.24) is 0 Å². The van der Waals surface area contributed by atoms with Gasteiger partial charge in [0, 0.05) is 16.9 Å². The lowest BCUT2D eigenvalue weighted by molar-refractivity contribution is 0.808. The van der Waals surface area contributed by atoms with E-state index in [1.807, 2.05) is 0 Å². The van der Waals surface area contributed by atoms with Crippen LogP contribution in [-0.4, -0.2) is 0 Å². The third kappa shape index (κ3) is 4.75. The first kappa shape index (κ1) is 33.3. The zero-order chi connectivity index (χ0) is 39.3. The molecule has 1 heterocycles. The number of hydrogen-bond acceptors (Lipinski definition) is 1. The molecule has 0 bridgehead atoms.